The molecule has 0 amide bonds. The molecule has 3 aromatic rings. The highest BCUT2D eigenvalue weighted by molar-refractivity contribution is 6.28. The van der Waals surface area contributed by atoms with Crippen molar-refractivity contribution in [2.24, 2.45) is 0 Å². The van der Waals surface area contributed by atoms with Crippen molar-refractivity contribution in [1.29, 1.82) is 0 Å². The van der Waals surface area contributed by atoms with Gasteiger partial charge in [-0.15, -0.1) is 0 Å². The summed E-state index contributed by atoms with van der Waals surface area (Å²) in [6.45, 7) is 0.517. The first-order chi connectivity index (χ1) is 11.2. The average molecular weight is 331 g/mol. The van der Waals surface area contributed by atoms with Crippen LogP contribution in [0.3, 0.4) is 0 Å². The summed E-state index contributed by atoms with van der Waals surface area (Å²) in [5, 5.41) is 14.0. The lowest BCUT2D eigenvalue weighted by molar-refractivity contribution is 0.211. The van der Waals surface area contributed by atoms with Crippen molar-refractivity contribution in [3.05, 3.63) is 53.9 Å². The molecule has 0 radical (unpaired) electrons. The molecule has 4 rings (SSSR count). The van der Waals surface area contributed by atoms with Crippen molar-refractivity contribution in [3.63, 3.8) is 0 Å². The maximum absolute atomic E-state index is 9.69. The summed E-state index contributed by atoms with van der Waals surface area (Å²) in [4.78, 5) is 8.63. The lowest BCUT2D eigenvalue weighted by Gasteiger charge is -2.13. The van der Waals surface area contributed by atoms with E-state index in [4.69, 9.17) is 16.0 Å². The second kappa shape index (κ2) is 5.72. The molecule has 6 nitrogen and oxygen atoms in total. The third-order valence-electron chi connectivity index (χ3n) is 3.95. The standard InChI is InChI=1S/C16H15ClN4O2/c17-16-19-14(18-9-12-2-1-7-23-12)13-5-6-21(15(13)20-16)10-3-4-11(22)8-10/h1-7,10-11,22H,8-9H2,(H,18,19,20)/t10-,11+/m0/s1. The van der Waals surface area contributed by atoms with Gasteiger partial charge >= 0.3 is 0 Å². The van der Waals surface area contributed by atoms with E-state index < -0.39 is 6.10 Å². The zero-order valence-electron chi connectivity index (χ0n) is 12.2. The Morgan fingerprint density at radius 3 is 3.00 bits per heavy atom. The van der Waals surface area contributed by atoms with Crippen LogP contribution in [0, 0.1) is 0 Å². The maximum Gasteiger partial charge on any atom is 0.226 e. The smallest absolute Gasteiger partial charge is 0.226 e. The zero-order chi connectivity index (χ0) is 15.8. The van der Waals surface area contributed by atoms with Gasteiger partial charge in [-0.1, -0.05) is 12.2 Å². The molecule has 3 heterocycles. The highest BCUT2D eigenvalue weighted by Crippen LogP contribution is 2.30. The van der Waals surface area contributed by atoms with Crippen LogP contribution in [0.1, 0.15) is 18.2 Å². The summed E-state index contributed by atoms with van der Waals surface area (Å²) in [7, 11) is 0. The largest absolute Gasteiger partial charge is 0.467 e. The Labute approximate surface area is 137 Å². The molecule has 0 bridgehead atoms. The van der Waals surface area contributed by atoms with E-state index in [0.717, 1.165) is 16.8 Å². The normalized spacial score (nSPS) is 20.4. The van der Waals surface area contributed by atoms with Gasteiger partial charge in [-0.2, -0.15) is 4.98 Å². The minimum atomic E-state index is -0.411. The summed E-state index contributed by atoms with van der Waals surface area (Å²) in [6, 6.07) is 5.76. The number of halogens is 1. The number of fused-ring (bicyclic) bond motifs is 1. The molecular weight excluding hydrogens is 316 g/mol. The topological polar surface area (TPSA) is 76.1 Å². The Morgan fingerprint density at radius 2 is 2.26 bits per heavy atom. The van der Waals surface area contributed by atoms with Crippen molar-refractivity contribution in [3.8, 4) is 0 Å². The number of aliphatic hydroxyl groups excluding tert-OH is 1. The van der Waals surface area contributed by atoms with Crippen LogP contribution in [0.4, 0.5) is 5.82 Å². The summed E-state index contributed by atoms with van der Waals surface area (Å²) < 4.78 is 7.32. The van der Waals surface area contributed by atoms with Crippen LogP contribution >= 0.6 is 11.6 Å². The Bertz CT molecular complexity index is 856. The van der Waals surface area contributed by atoms with Gasteiger partial charge in [-0.25, -0.2) is 4.98 Å². The molecule has 0 saturated carbocycles. The molecule has 0 saturated heterocycles. The van der Waals surface area contributed by atoms with Gasteiger partial charge in [-0.3, -0.25) is 0 Å². The highest BCUT2D eigenvalue weighted by atomic mass is 35.5. The van der Waals surface area contributed by atoms with Gasteiger partial charge in [-0.05, 0) is 29.8 Å². The number of furan rings is 1. The Morgan fingerprint density at radius 1 is 1.35 bits per heavy atom. The number of aliphatic hydroxyl groups is 1. The van der Waals surface area contributed by atoms with Crippen molar-refractivity contribution in [2.45, 2.75) is 25.1 Å². The van der Waals surface area contributed by atoms with Crippen molar-refractivity contribution >= 4 is 28.5 Å². The Kier molecular flexibility index (Phi) is 3.55. The molecule has 3 aromatic heterocycles. The summed E-state index contributed by atoms with van der Waals surface area (Å²) in [6.07, 6.45) is 7.59. The first-order valence-electron chi connectivity index (χ1n) is 7.37. The summed E-state index contributed by atoms with van der Waals surface area (Å²) >= 11 is 6.08. The van der Waals surface area contributed by atoms with Crippen LogP contribution < -0.4 is 5.32 Å². The number of rotatable bonds is 4. The SMILES string of the molecule is O[C@@H]1C=C[C@H](n2ccc3c(NCc4ccco4)nc(Cl)nc32)C1. The summed E-state index contributed by atoms with van der Waals surface area (Å²) in [5.74, 6) is 1.48. The van der Waals surface area contributed by atoms with E-state index in [-0.39, 0.29) is 11.3 Å². The molecule has 0 unspecified atom stereocenters. The molecule has 118 valence electrons. The van der Waals surface area contributed by atoms with E-state index in [1.54, 1.807) is 12.3 Å². The van der Waals surface area contributed by atoms with Crippen LogP contribution in [0.2, 0.25) is 5.28 Å². The predicted octanol–water partition coefficient (Wildman–Crippen LogP) is 3.15. The fourth-order valence-corrected chi connectivity index (χ4v) is 3.03. The van der Waals surface area contributed by atoms with E-state index in [1.807, 2.05) is 35.0 Å². The molecule has 2 N–H and O–H groups in total. The van der Waals surface area contributed by atoms with Crippen LogP contribution in [0.5, 0.6) is 0 Å². The van der Waals surface area contributed by atoms with E-state index in [9.17, 15) is 5.11 Å². The number of nitrogens with zero attached hydrogens (tertiary/aromatic N) is 3. The number of hydrogen-bond donors (Lipinski definition) is 2. The van der Waals surface area contributed by atoms with E-state index in [1.165, 1.54) is 0 Å². The Hall–Kier alpha value is -2.31. The van der Waals surface area contributed by atoms with Crippen LogP contribution in [-0.2, 0) is 6.54 Å². The molecule has 23 heavy (non-hydrogen) atoms. The van der Waals surface area contributed by atoms with Gasteiger partial charge in [0.15, 0.2) is 0 Å². The van der Waals surface area contributed by atoms with Crippen LogP contribution in [0.15, 0.2) is 47.2 Å². The van der Waals surface area contributed by atoms with Crippen molar-refractivity contribution in [2.75, 3.05) is 5.32 Å². The predicted molar refractivity (Wildman–Crippen MR) is 87.4 cm³/mol. The molecule has 0 spiro atoms. The first kappa shape index (κ1) is 14.3. The lowest BCUT2D eigenvalue weighted by atomic mass is 10.2. The van der Waals surface area contributed by atoms with Gasteiger partial charge in [0.25, 0.3) is 0 Å². The van der Waals surface area contributed by atoms with E-state index >= 15 is 0 Å². The number of anilines is 1. The highest BCUT2D eigenvalue weighted by Gasteiger charge is 2.21. The number of aromatic nitrogens is 3. The fourth-order valence-electron chi connectivity index (χ4n) is 2.86. The van der Waals surface area contributed by atoms with Gasteiger partial charge in [0.2, 0.25) is 5.28 Å². The lowest BCUT2D eigenvalue weighted by Crippen LogP contribution is -2.08. The van der Waals surface area contributed by atoms with E-state index in [0.29, 0.717) is 18.8 Å². The molecule has 0 aliphatic heterocycles. The minimum Gasteiger partial charge on any atom is -0.467 e. The molecular formula is C16H15ClN4O2. The third kappa shape index (κ3) is 2.71. The van der Waals surface area contributed by atoms with Crippen molar-refractivity contribution in [1.82, 2.24) is 14.5 Å². The summed E-state index contributed by atoms with van der Waals surface area (Å²) in [5.41, 5.74) is 0.746. The van der Waals surface area contributed by atoms with Crippen LogP contribution in [0.25, 0.3) is 11.0 Å². The third-order valence-corrected chi connectivity index (χ3v) is 4.12. The molecule has 0 aromatic carbocycles. The number of hydrogen-bond acceptors (Lipinski definition) is 5. The monoisotopic (exact) mass is 330 g/mol. The van der Waals surface area contributed by atoms with Crippen LogP contribution in [-0.4, -0.2) is 25.7 Å². The minimum absolute atomic E-state index is 0.0754. The molecule has 0 fully saturated rings. The maximum atomic E-state index is 9.69. The quantitative estimate of drug-likeness (QED) is 0.567. The molecule has 1 aliphatic carbocycles. The fraction of sp³-hybridized carbons (Fsp3) is 0.250. The molecule has 2 atom stereocenters. The molecule has 7 heteroatoms. The number of allylic oxidation sites excluding steroid dienone is 1. The number of nitrogens with one attached hydrogen (secondary N) is 1. The Balaban J connectivity index is 1.68. The molecule has 1 aliphatic rings. The first-order valence-corrected chi connectivity index (χ1v) is 7.75. The average Bonchev–Trinajstić information content (AvgIpc) is 3.24. The van der Waals surface area contributed by atoms with Gasteiger partial charge in [0.05, 0.1) is 30.3 Å². The second-order valence-electron chi connectivity index (χ2n) is 5.49. The van der Waals surface area contributed by atoms with E-state index in [2.05, 4.69) is 15.3 Å². The van der Waals surface area contributed by atoms with Crippen molar-refractivity contribution < 1.29 is 9.52 Å². The zero-order valence-corrected chi connectivity index (χ0v) is 12.9. The second-order valence-corrected chi connectivity index (χ2v) is 5.83. The van der Waals surface area contributed by atoms with Gasteiger partial charge in [0, 0.05) is 12.6 Å². The van der Waals surface area contributed by atoms with Gasteiger partial charge < -0.3 is 19.4 Å². The van der Waals surface area contributed by atoms with Gasteiger partial charge in [0.1, 0.15) is 17.2 Å².